The lowest BCUT2D eigenvalue weighted by Gasteiger charge is -2.01. The van der Waals surface area contributed by atoms with Gasteiger partial charge in [-0.2, -0.15) is 0 Å². The third kappa shape index (κ3) is 1.50. The van der Waals surface area contributed by atoms with Crippen LogP contribution in [0.2, 0.25) is 0 Å². The summed E-state index contributed by atoms with van der Waals surface area (Å²) in [4.78, 5) is 0. The Morgan fingerprint density at radius 1 is 1.23 bits per heavy atom. The number of aryl methyl sites for hydroxylation is 1. The molecule has 1 heterocycles. The van der Waals surface area contributed by atoms with Gasteiger partial charge in [-0.15, -0.1) is 6.58 Å². The summed E-state index contributed by atoms with van der Waals surface area (Å²) in [6.45, 7) is 4.75. The van der Waals surface area contributed by atoms with Gasteiger partial charge in [-0.3, -0.25) is 0 Å². The van der Waals surface area contributed by atoms with Gasteiger partial charge in [0.1, 0.15) is 0 Å². The van der Waals surface area contributed by atoms with Crippen LogP contribution in [0.3, 0.4) is 0 Å². The van der Waals surface area contributed by atoms with Crippen LogP contribution in [0.15, 0.2) is 49.2 Å². The summed E-state index contributed by atoms with van der Waals surface area (Å²) >= 11 is 0. The molecule has 0 fully saturated rings. The molecule has 0 N–H and O–H groups in total. The molecule has 0 aliphatic heterocycles. The topological polar surface area (TPSA) is 4.93 Å². The van der Waals surface area contributed by atoms with E-state index in [2.05, 4.69) is 47.7 Å². The Balaban J connectivity index is 2.40. The molecule has 0 unspecified atom stereocenters. The Morgan fingerprint density at radius 2 is 2.08 bits per heavy atom. The number of aromatic nitrogens is 1. The minimum Gasteiger partial charge on any atom is -0.347 e. The third-order valence-corrected chi connectivity index (χ3v) is 2.25. The molecule has 0 bridgehead atoms. The zero-order valence-electron chi connectivity index (χ0n) is 7.61. The number of rotatable bonds is 3. The molecule has 1 nitrogen and oxygen atoms in total. The van der Waals surface area contributed by atoms with Crippen LogP contribution < -0.4 is 0 Å². The molecule has 2 rings (SSSR count). The molecule has 0 atom stereocenters. The Kier molecular flexibility index (Phi) is 2.17. The maximum atomic E-state index is 3.73. The molecule has 2 aromatic rings. The molecule has 0 aliphatic rings. The maximum Gasteiger partial charge on any atom is 0.0480 e. The largest absolute Gasteiger partial charge is 0.347 e. The highest BCUT2D eigenvalue weighted by atomic mass is 14.9. The molecule has 0 saturated carbocycles. The molecule has 1 heteroatoms. The van der Waals surface area contributed by atoms with Crippen molar-refractivity contribution in [1.29, 1.82) is 0 Å². The highest BCUT2D eigenvalue weighted by Crippen LogP contribution is 2.15. The van der Waals surface area contributed by atoms with Crippen LogP contribution in [-0.2, 0) is 6.54 Å². The fraction of sp³-hybridized carbons (Fsp3) is 0.167. The minimum atomic E-state index is 1.02. The van der Waals surface area contributed by atoms with Crippen LogP contribution in [0.1, 0.15) is 6.42 Å². The summed E-state index contributed by atoms with van der Waals surface area (Å²) in [5.74, 6) is 0. The van der Waals surface area contributed by atoms with E-state index in [0.717, 1.165) is 13.0 Å². The van der Waals surface area contributed by atoms with Crippen molar-refractivity contribution in [1.82, 2.24) is 4.57 Å². The van der Waals surface area contributed by atoms with Gasteiger partial charge in [-0.05, 0) is 23.9 Å². The van der Waals surface area contributed by atoms with E-state index >= 15 is 0 Å². The summed E-state index contributed by atoms with van der Waals surface area (Å²) in [5, 5.41) is 1.31. The SMILES string of the molecule is C=CCCn1ccc2ccccc21. The fourth-order valence-electron chi connectivity index (χ4n) is 1.57. The molecule has 0 aliphatic carbocycles. The van der Waals surface area contributed by atoms with Crippen LogP contribution >= 0.6 is 0 Å². The predicted octanol–water partition coefficient (Wildman–Crippen LogP) is 3.22. The van der Waals surface area contributed by atoms with E-state index in [1.165, 1.54) is 10.9 Å². The highest BCUT2D eigenvalue weighted by Gasteiger charge is 1.97. The quantitative estimate of drug-likeness (QED) is 0.625. The highest BCUT2D eigenvalue weighted by molar-refractivity contribution is 5.79. The number of benzene rings is 1. The van der Waals surface area contributed by atoms with Crippen molar-refractivity contribution in [3.05, 3.63) is 49.2 Å². The zero-order valence-corrected chi connectivity index (χ0v) is 7.61. The van der Waals surface area contributed by atoms with Gasteiger partial charge >= 0.3 is 0 Å². The van der Waals surface area contributed by atoms with Crippen molar-refractivity contribution in [3.63, 3.8) is 0 Å². The smallest absolute Gasteiger partial charge is 0.0480 e. The number of nitrogens with zero attached hydrogens (tertiary/aromatic N) is 1. The Hall–Kier alpha value is -1.50. The molecule has 0 saturated heterocycles. The zero-order chi connectivity index (χ0) is 9.10. The summed E-state index contributed by atoms with van der Waals surface area (Å²) in [6, 6.07) is 10.6. The lowest BCUT2D eigenvalue weighted by molar-refractivity contribution is 0.739. The second-order valence-electron chi connectivity index (χ2n) is 3.15. The van der Waals surface area contributed by atoms with Gasteiger partial charge in [-0.25, -0.2) is 0 Å². The number of allylic oxidation sites excluding steroid dienone is 1. The van der Waals surface area contributed by atoms with E-state index in [1.807, 2.05) is 6.08 Å². The molecular formula is C12H13N. The van der Waals surface area contributed by atoms with Crippen molar-refractivity contribution in [2.75, 3.05) is 0 Å². The van der Waals surface area contributed by atoms with Gasteiger partial charge in [0.25, 0.3) is 0 Å². The van der Waals surface area contributed by atoms with Gasteiger partial charge in [0.2, 0.25) is 0 Å². The first-order valence-corrected chi connectivity index (χ1v) is 4.56. The number of para-hydroxylation sites is 1. The Labute approximate surface area is 78.3 Å². The van der Waals surface area contributed by atoms with Crippen molar-refractivity contribution < 1.29 is 0 Å². The second-order valence-corrected chi connectivity index (χ2v) is 3.15. The van der Waals surface area contributed by atoms with Crippen molar-refractivity contribution in [2.45, 2.75) is 13.0 Å². The maximum absolute atomic E-state index is 3.73. The van der Waals surface area contributed by atoms with E-state index in [9.17, 15) is 0 Å². The molecule has 66 valence electrons. The number of hydrogen-bond donors (Lipinski definition) is 0. The molecule has 0 amide bonds. The standard InChI is InChI=1S/C12H13N/c1-2-3-9-13-10-8-11-6-4-5-7-12(11)13/h2,4-8,10H,1,3,9H2. The van der Waals surface area contributed by atoms with Crippen molar-refractivity contribution in [2.24, 2.45) is 0 Å². The number of fused-ring (bicyclic) bond motifs is 1. The van der Waals surface area contributed by atoms with Crippen LogP contribution in [-0.4, -0.2) is 4.57 Å². The van der Waals surface area contributed by atoms with Crippen LogP contribution in [0, 0.1) is 0 Å². The number of hydrogen-bond acceptors (Lipinski definition) is 0. The summed E-state index contributed by atoms with van der Waals surface area (Å²) in [5.41, 5.74) is 1.31. The Morgan fingerprint density at radius 3 is 2.92 bits per heavy atom. The second kappa shape index (κ2) is 3.48. The first-order valence-electron chi connectivity index (χ1n) is 4.56. The van der Waals surface area contributed by atoms with Gasteiger partial charge < -0.3 is 4.57 Å². The van der Waals surface area contributed by atoms with E-state index in [1.54, 1.807) is 0 Å². The monoisotopic (exact) mass is 171 g/mol. The lowest BCUT2D eigenvalue weighted by atomic mass is 10.2. The molecule has 13 heavy (non-hydrogen) atoms. The van der Waals surface area contributed by atoms with Crippen LogP contribution in [0.5, 0.6) is 0 Å². The van der Waals surface area contributed by atoms with Gasteiger partial charge in [-0.1, -0.05) is 24.3 Å². The van der Waals surface area contributed by atoms with E-state index < -0.39 is 0 Å². The van der Waals surface area contributed by atoms with Crippen LogP contribution in [0.25, 0.3) is 10.9 Å². The minimum absolute atomic E-state index is 1.02. The van der Waals surface area contributed by atoms with E-state index in [0.29, 0.717) is 0 Å². The molecule has 0 radical (unpaired) electrons. The average molecular weight is 171 g/mol. The first kappa shape index (κ1) is 8.11. The summed E-state index contributed by atoms with van der Waals surface area (Å²) in [6.07, 6.45) is 5.11. The predicted molar refractivity (Wildman–Crippen MR) is 56.8 cm³/mol. The van der Waals surface area contributed by atoms with Gasteiger partial charge in [0, 0.05) is 18.3 Å². The molecular weight excluding hydrogens is 158 g/mol. The molecule has 0 spiro atoms. The van der Waals surface area contributed by atoms with Crippen molar-refractivity contribution in [3.8, 4) is 0 Å². The summed E-state index contributed by atoms with van der Waals surface area (Å²) < 4.78 is 2.26. The summed E-state index contributed by atoms with van der Waals surface area (Å²) in [7, 11) is 0. The molecule has 1 aromatic heterocycles. The molecule has 1 aromatic carbocycles. The average Bonchev–Trinajstić information content (AvgIpc) is 2.58. The normalized spacial score (nSPS) is 10.5. The van der Waals surface area contributed by atoms with E-state index in [4.69, 9.17) is 0 Å². The Bertz CT molecular complexity index is 412. The van der Waals surface area contributed by atoms with Crippen LogP contribution in [0.4, 0.5) is 0 Å². The first-order chi connectivity index (χ1) is 6.42. The van der Waals surface area contributed by atoms with Crippen molar-refractivity contribution >= 4 is 10.9 Å². The van der Waals surface area contributed by atoms with Gasteiger partial charge in [0.15, 0.2) is 0 Å². The fourth-order valence-corrected chi connectivity index (χ4v) is 1.57. The third-order valence-electron chi connectivity index (χ3n) is 2.25. The lowest BCUT2D eigenvalue weighted by Crippen LogP contribution is -1.93. The van der Waals surface area contributed by atoms with E-state index in [-0.39, 0.29) is 0 Å². The van der Waals surface area contributed by atoms with Gasteiger partial charge in [0.05, 0.1) is 0 Å².